The Hall–Kier alpha value is -1.42. The maximum absolute atomic E-state index is 12.1. The summed E-state index contributed by atoms with van der Waals surface area (Å²) in [6.45, 7) is 1.36. The van der Waals surface area contributed by atoms with Crippen molar-refractivity contribution in [3.63, 3.8) is 0 Å². The molecule has 2 aliphatic carbocycles. The normalized spacial score (nSPS) is 20.2. The molecule has 24 heavy (non-hydrogen) atoms. The zero-order chi connectivity index (χ0) is 16.6. The number of hydrogen-bond donors (Lipinski definition) is 0. The maximum atomic E-state index is 12.1. The van der Waals surface area contributed by atoms with E-state index in [1.54, 1.807) is 24.5 Å². The molecule has 0 amide bonds. The van der Waals surface area contributed by atoms with Crippen LogP contribution in [0.3, 0.4) is 0 Å². The van der Waals surface area contributed by atoms with Gasteiger partial charge in [-0.15, -0.1) is 0 Å². The quantitative estimate of drug-likeness (QED) is 0.733. The van der Waals surface area contributed by atoms with Crippen LogP contribution in [0.1, 0.15) is 74.6 Å². The number of hydrogen-bond acceptors (Lipinski definition) is 4. The van der Waals surface area contributed by atoms with Gasteiger partial charge in [0, 0.05) is 31.0 Å². The molecule has 0 radical (unpaired) electrons. The van der Waals surface area contributed by atoms with Gasteiger partial charge in [0.2, 0.25) is 0 Å². The van der Waals surface area contributed by atoms with Crippen LogP contribution < -0.4 is 0 Å². The number of rotatable bonds is 6. The Labute approximate surface area is 145 Å². The number of carbonyl (C=O) groups excluding carboxylic acids is 1. The summed E-state index contributed by atoms with van der Waals surface area (Å²) < 4.78 is 5.52. The zero-order valence-electron chi connectivity index (χ0n) is 14.7. The molecule has 1 heterocycles. The summed E-state index contributed by atoms with van der Waals surface area (Å²) in [6, 6.07) is 4.92. The van der Waals surface area contributed by atoms with E-state index in [0.717, 1.165) is 6.54 Å². The average molecular weight is 330 g/mol. The molecule has 0 atom stereocenters. The van der Waals surface area contributed by atoms with Gasteiger partial charge in [-0.05, 0) is 37.8 Å². The molecule has 4 heteroatoms. The van der Waals surface area contributed by atoms with Crippen molar-refractivity contribution in [1.29, 1.82) is 0 Å². The second-order valence-electron chi connectivity index (χ2n) is 7.20. The molecule has 0 bridgehead atoms. The molecular formula is C20H30N2O2. The van der Waals surface area contributed by atoms with Gasteiger partial charge in [0.05, 0.1) is 5.56 Å². The Morgan fingerprint density at radius 3 is 2.21 bits per heavy atom. The Morgan fingerprint density at radius 2 is 1.67 bits per heavy atom. The minimum absolute atomic E-state index is 0.254. The summed E-state index contributed by atoms with van der Waals surface area (Å²) in [6.07, 6.45) is 16.7. The lowest BCUT2D eigenvalue weighted by Crippen LogP contribution is -2.46. The average Bonchev–Trinajstić information content (AvgIpc) is 2.67. The van der Waals surface area contributed by atoms with Gasteiger partial charge in [0.25, 0.3) is 0 Å². The van der Waals surface area contributed by atoms with Gasteiger partial charge in [-0.1, -0.05) is 38.5 Å². The zero-order valence-corrected chi connectivity index (χ0v) is 14.7. The first kappa shape index (κ1) is 17.4. The third kappa shape index (κ3) is 4.79. The van der Waals surface area contributed by atoms with Gasteiger partial charge >= 0.3 is 5.97 Å². The molecule has 0 spiro atoms. The van der Waals surface area contributed by atoms with Crippen molar-refractivity contribution < 1.29 is 9.53 Å². The van der Waals surface area contributed by atoms with E-state index in [0.29, 0.717) is 24.3 Å². The van der Waals surface area contributed by atoms with E-state index in [-0.39, 0.29) is 5.97 Å². The van der Waals surface area contributed by atoms with E-state index >= 15 is 0 Å². The predicted molar refractivity (Wildman–Crippen MR) is 95.0 cm³/mol. The molecule has 1 aromatic rings. The van der Waals surface area contributed by atoms with Crippen molar-refractivity contribution in [3.05, 3.63) is 30.1 Å². The van der Waals surface area contributed by atoms with Crippen LogP contribution in [0.4, 0.5) is 0 Å². The Morgan fingerprint density at radius 1 is 1.04 bits per heavy atom. The Balaban J connectivity index is 1.54. The fourth-order valence-electron chi connectivity index (χ4n) is 4.30. The number of aromatic nitrogens is 1. The molecule has 2 saturated carbocycles. The van der Waals surface area contributed by atoms with Gasteiger partial charge < -0.3 is 4.74 Å². The first-order valence-electron chi connectivity index (χ1n) is 9.67. The second kappa shape index (κ2) is 9.16. The third-order valence-electron chi connectivity index (χ3n) is 5.57. The van der Waals surface area contributed by atoms with Gasteiger partial charge in [0.15, 0.2) is 0 Å². The van der Waals surface area contributed by atoms with Crippen LogP contribution >= 0.6 is 0 Å². The fourth-order valence-corrected chi connectivity index (χ4v) is 4.30. The number of nitrogens with zero attached hydrogens (tertiary/aromatic N) is 2. The van der Waals surface area contributed by atoms with Crippen LogP contribution in [-0.2, 0) is 4.74 Å². The van der Waals surface area contributed by atoms with E-state index in [1.165, 1.54) is 64.2 Å². The number of esters is 1. The Kier molecular flexibility index (Phi) is 6.65. The maximum Gasteiger partial charge on any atom is 0.339 e. The lowest BCUT2D eigenvalue weighted by Gasteiger charge is -2.41. The summed E-state index contributed by atoms with van der Waals surface area (Å²) in [4.78, 5) is 18.8. The van der Waals surface area contributed by atoms with Crippen LogP contribution in [0.2, 0.25) is 0 Å². The number of ether oxygens (including phenoxy) is 1. The van der Waals surface area contributed by atoms with Crippen molar-refractivity contribution in [2.24, 2.45) is 0 Å². The lowest BCUT2D eigenvalue weighted by atomic mass is 9.88. The first-order valence-corrected chi connectivity index (χ1v) is 9.67. The highest BCUT2D eigenvalue weighted by Gasteiger charge is 2.28. The van der Waals surface area contributed by atoms with Gasteiger partial charge in [-0.2, -0.15) is 0 Å². The highest BCUT2D eigenvalue weighted by atomic mass is 16.5. The summed E-state index contributed by atoms with van der Waals surface area (Å²) >= 11 is 0. The molecule has 2 aliphatic rings. The molecule has 2 fully saturated rings. The van der Waals surface area contributed by atoms with Gasteiger partial charge in [0.1, 0.15) is 6.61 Å². The third-order valence-corrected chi connectivity index (χ3v) is 5.57. The van der Waals surface area contributed by atoms with Crippen LogP contribution in [0.15, 0.2) is 24.5 Å². The van der Waals surface area contributed by atoms with E-state index < -0.39 is 0 Å². The molecule has 0 N–H and O–H groups in total. The van der Waals surface area contributed by atoms with Crippen LogP contribution in [0.25, 0.3) is 0 Å². The number of pyridine rings is 1. The SMILES string of the molecule is O=C(OCCN(C1CCCCC1)C1CCCCC1)c1cccnc1. The van der Waals surface area contributed by atoms with Crippen LogP contribution in [0, 0.1) is 0 Å². The van der Waals surface area contributed by atoms with E-state index in [4.69, 9.17) is 4.74 Å². The molecule has 3 rings (SSSR count). The van der Waals surface area contributed by atoms with Gasteiger partial charge in [-0.25, -0.2) is 4.79 Å². The fraction of sp³-hybridized carbons (Fsp3) is 0.700. The lowest BCUT2D eigenvalue weighted by molar-refractivity contribution is 0.0291. The van der Waals surface area contributed by atoms with Crippen molar-refractivity contribution in [2.75, 3.05) is 13.2 Å². The molecular weight excluding hydrogens is 300 g/mol. The van der Waals surface area contributed by atoms with E-state index in [2.05, 4.69) is 9.88 Å². The first-order chi connectivity index (χ1) is 11.8. The minimum Gasteiger partial charge on any atom is -0.461 e. The highest BCUT2D eigenvalue weighted by molar-refractivity contribution is 5.88. The van der Waals surface area contributed by atoms with Crippen molar-refractivity contribution in [2.45, 2.75) is 76.3 Å². The minimum atomic E-state index is -0.254. The number of carbonyl (C=O) groups is 1. The van der Waals surface area contributed by atoms with E-state index in [9.17, 15) is 4.79 Å². The molecule has 0 aliphatic heterocycles. The molecule has 132 valence electrons. The van der Waals surface area contributed by atoms with Crippen molar-refractivity contribution in [1.82, 2.24) is 9.88 Å². The molecule has 0 aromatic carbocycles. The largest absolute Gasteiger partial charge is 0.461 e. The van der Waals surface area contributed by atoms with Crippen LogP contribution in [-0.4, -0.2) is 41.1 Å². The molecule has 1 aromatic heterocycles. The Bertz CT molecular complexity index is 476. The molecule has 0 unspecified atom stereocenters. The summed E-state index contributed by atoms with van der Waals surface area (Å²) in [7, 11) is 0. The van der Waals surface area contributed by atoms with Crippen molar-refractivity contribution in [3.8, 4) is 0 Å². The van der Waals surface area contributed by atoms with Crippen LogP contribution in [0.5, 0.6) is 0 Å². The topological polar surface area (TPSA) is 42.4 Å². The van der Waals surface area contributed by atoms with Crippen molar-refractivity contribution >= 4 is 5.97 Å². The summed E-state index contributed by atoms with van der Waals surface area (Å²) in [5.41, 5.74) is 0.541. The second-order valence-corrected chi connectivity index (χ2v) is 7.20. The highest BCUT2D eigenvalue weighted by Crippen LogP contribution is 2.29. The molecule has 0 saturated heterocycles. The standard InChI is InChI=1S/C20H30N2O2/c23-20(17-8-7-13-21-16-17)24-15-14-22(18-9-3-1-4-10-18)19-11-5-2-6-12-19/h7-8,13,16,18-19H,1-6,9-12,14-15H2. The smallest absolute Gasteiger partial charge is 0.339 e. The monoisotopic (exact) mass is 330 g/mol. The molecule has 4 nitrogen and oxygen atoms in total. The summed E-state index contributed by atoms with van der Waals surface area (Å²) in [5.74, 6) is -0.254. The van der Waals surface area contributed by atoms with Gasteiger partial charge in [-0.3, -0.25) is 9.88 Å². The van der Waals surface area contributed by atoms with E-state index in [1.807, 2.05) is 0 Å². The predicted octanol–water partition coefficient (Wildman–Crippen LogP) is 4.21. The summed E-state index contributed by atoms with van der Waals surface area (Å²) in [5, 5.41) is 0.